The summed E-state index contributed by atoms with van der Waals surface area (Å²) in [6, 6.07) is 3.05. The Morgan fingerprint density at radius 2 is 1.86 bits per heavy atom. The fourth-order valence-corrected chi connectivity index (χ4v) is 5.73. The van der Waals surface area contributed by atoms with Crippen LogP contribution in [0.5, 0.6) is 0 Å². The van der Waals surface area contributed by atoms with Crippen molar-refractivity contribution in [3.05, 3.63) is 22.7 Å². The van der Waals surface area contributed by atoms with Crippen molar-refractivity contribution in [2.24, 2.45) is 0 Å². The van der Waals surface area contributed by atoms with Crippen LogP contribution in [-0.4, -0.2) is 33.6 Å². The molecule has 0 bridgehead atoms. The van der Waals surface area contributed by atoms with Gasteiger partial charge >= 0.3 is 0 Å². The molecule has 1 fully saturated rings. The Labute approximate surface area is 129 Å². The van der Waals surface area contributed by atoms with Gasteiger partial charge in [-0.25, -0.2) is 16.8 Å². The zero-order valence-electron chi connectivity index (χ0n) is 11.5. The van der Waals surface area contributed by atoms with Crippen molar-refractivity contribution >= 4 is 42.8 Å². The molecule has 3 N–H and O–H groups in total. The molecular weight excluding hydrogens is 336 g/mol. The maximum Gasteiger partial charge on any atom is 0.235 e. The largest absolute Gasteiger partial charge is 0.398 e. The molecule has 1 aromatic rings. The summed E-state index contributed by atoms with van der Waals surface area (Å²) in [5.74, 6) is -0.194. The summed E-state index contributed by atoms with van der Waals surface area (Å²) in [7, 11) is -6.75. The standard InChI is InChI=1S/C12H17ClN2O4S2/c1-8-6-11(14)10(13)7-12(8)15-21(18,19)9-2-4-20(16,17)5-3-9/h6-7,9,15H,2-5,14H2,1H3. The minimum atomic E-state index is -3.65. The lowest BCUT2D eigenvalue weighted by Gasteiger charge is -2.23. The third-order valence-corrected chi connectivity index (χ3v) is 7.43. The minimum absolute atomic E-state index is 0.0972. The number of anilines is 2. The molecule has 1 heterocycles. The number of hydrogen-bond acceptors (Lipinski definition) is 5. The lowest BCUT2D eigenvalue weighted by molar-refractivity contribution is 0.555. The molecule has 1 aliphatic rings. The van der Waals surface area contributed by atoms with Crippen molar-refractivity contribution in [1.29, 1.82) is 0 Å². The summed E-state index contributed by atoms with van der Waals surface area (Å²) in [6.07, 6.45) is 0.221. The SMILES string of the molecule is Cc1cc(N)c(Cl)cc1NS(=O)(=O)C1CCS(=O)(=O)CC1. The average Bonchev–Trinajstić information content (AvgIpc) is 2.35. The first-order chi connectivity index (χ1) is 9.61. The zero-order valence-corrected chi connectivity index (χ0v) is 13.9. The summed E-state index contributed by atoms with van der Waals surface area (Å²) in [5.41, 5.74) is 7.05. The number of hydrogen-bond donors (Lipinski definition) is 2. The molecule has 0 aliphatic carbocycles. The highest BCUT2D eigenvalue weighted by Crippen LogP contribution is 2.29. The molecule has 2 rings (SSSR count). The molecule has 0 atom stereocenters. The third kappa shape index (κ3) is 3.81. The van der Waals surface area contributed by atoms with Crippen molar-refractivity contribution in [2.75, 3.05) is 22.0 Å². The molecule has 118 valence electrons. The van der Waals surface area contributed by atoms with E-state index < -0.39 is 25.1 Å². The van der Waals surface area contributed by atoms with Gasteiger partial charge < -0.3 is 5.73 Å². The molecule has 1 aromatic carbocycles. The van der Waals surface area contributed by atoms with Gasteiger partial charge in [0.2, 0.25) is 10.0 Å². The first kappa shape index (κ1) is 16.4. The first-order valence-corrected chi connectivity index (χ1v) is 10.1. The van der Waals surface area contributed by atoms with Crippen LogP contribution in [0.25, 0.3) is 0 Å². The van der Waals surface area contributed by atoms with E-state index in [-0.39, 0.29) is 29.4 Å². The number of rotatable bonds is 3. The molecule has 1 saturated heterocycles. The number of halogens is 1. The number of sulfonamides is 1. The monoisotopic (exact) mass is 352 g/mol. The highest BCUT2D eigenvalue weighted by Gasteiger charge is 2.33. The van der Waals surface area contributed by atoms with Crippen molar-refractivity contribution in [3.8, 4) is 0 Å². The van der Waals surface area contributed by atoms with Crippen LogP contribution < -0.4 is 10.5 Å². The van der Waals surface area contributed by atoms with E-state index in [9.17, 15) is 16.8 Å². The molecule has 9 heteroatoms. The number of nitrogens with one attached hydrogen (secondary N) is 1. The number of benzene rings is 1. The first-order valence-electron chi connectivity index (χ1n) is 6.38. The Morgan fingerprint density at radius 3 is 2.43 bits per heavy atom. The summed E-state index contributed by atoms with van der Waals surface area (Å²) in [6.45, 7) is 1.72. The Balaban J connectivity index is 2.21. The van der Waals surface area contributed by atoms with E-state index in [1.165, 1.54) is 6.07 Å². The van der Waals surface area contributed by atoms with E-state index >= 15 is 0 Å². The van der Waals surface area contributed by atoms with Gasteiger partial charge in [0.15, 0.2) is 0 Å². The predicted molar refractivity (Wildman–Crippen MR) is 84.8 cm³/mol. The second-order valence-electron chi connectivity index (χ2n) is 5.19. The van der Waals surface area contributed by atoms with Gasteiger partial charge in [-0.3, -0.25) is 4.72 Å². The maximum absolute atomic E-state index is 12.3. The maximum atomic E-state index is 12.3. The number of nitrogens with two attached hydrogens (primary N) is 1. The molecule has 21 heavy (non-hydrogen) atoms. The van der Waals surface area contributed by atoms with Crippen molar-refractivity contribution in [2.45, 2.75) is 25.0 Å². The Hall–Kier alpha value is -0.990. The smallest absolute Gasteiger partial charge is 0.235 e. The molecule has 0 amide bonds. The van der Waals surface area contributed by atoms with E-state index in [0.29, 0.717) is 16.9 Å². The van der Waals surface area contributed by atoms with Gasteiger partial charge in [0.05, 0.1) is 33.2 Å². The third-order valence-electron chi connectivity index (χ3n) is 3.54. The van der Waals surface area contributed by atoms with Crippen LogP contribution in [0, 0.1) is 6.92 Å². The predicted octanol–water partition coefficient (Wildman–Crippen LogP) is 1.55. The van der Waals surface area contributed by atoms with Gasteiger partial charge in [0.1, 0.15) is 9.84 Å². The summed E-state index contributed by atoms with van der Waals surface area (Å²) < 4.78 is 49.9. The van der Waals surface area contributed by atoms with Gasteiger partial charge in [-0.05, 0) is 37.5 Å². The van der Waals surface area contributed by atoms with Crippen LogP contribution in [0.3, 0.4) is 0 Å². The van der Waals surface area contributed by atoms with Crippen LogP contribution in [0.1, 0.15) is 18.4 Å². The number of nitrogen functional groups attached to an aromatic ring is 1. The summed E-state index contributed by atoms with van der Waals surface area (Å²) >= 11 is 5.90. The molecule has 0 spiro atoms. The van der Waals surface area contributed by atoms with E-state index in [2.05, 4.69) is 4.72 Å². The van der Waals surface area contributed by atoms with E-state index in [1.54, 1.807) is 13.0 Å². The van der Waals surface area contributed by atoms with Crippen LogP contribution in [0.2, 0.25) is 5.02 Å². The van der Waals surface area contributed by atoms with Crippen molar-refractivity contribution in [1.82, 2.24) is 0 Å². The van der Waals surface area contributed by atoms with Crippen molar-refractivity contribution in [3.63, 3.8) is 0 Å². The molecule has 6 nitrogen and oxygen atoms in total. The fourth-order valence-electron chi connectivity index (χ4n) is 2.23. The molecule has 0 radical (unpaired) electrons. The summed E-state index contributed by atoms with van der Waals surface area (Å²) in [4.78, 5) is 0. The average molecular weight is 353 g/mol. The Morgan fingerprint density at radius 1 is 1.29 bits per heavy atom. The Bertz CT molecular complexity index is 746. The van der Waals surface area contributed by atoms with Crippen LogP contribution in [0.4, 0.5) is 11.4 Å². The van der Waals surface area contributed by atoms with E-state index in [1.807, 2.05) is 0 Å². The Kier molecular flexibility index (Phi) is 4.41. The van der Waals surface area contributed by atoms with E-state index in [0.717, 1.165) is 0 Å². The minimum Gasteiger partial charge on any atom is -0.398 e. The van der Waals surface area contributed by atoms with Gasteiger partial charge in [-0.15, -0.1) is 0 Å². The quantitative estimate of drug-likeness (QED) is 0.803. The second kappa shape index (κ2) is 5.66. The van der Waals surface area contributed by atoms with Gasteiger partial charge in [0, 0.05) is 0 Å². The van der Waals surface area contributed by atoms with Gasteiger partial charge in [-0.2, -0.15) is 0 Å². The highest BCUT2D eigenvalue weighted by atomic mass is 35.5. The number of aryl methyl sites for hydroxylation is 1. The van der Waals surface area contributed by atoms with E-state index in [4.69, 9.17) is 17.3 Å². The number of sulfone groups is 1. The van der Waals surface area contributed by atoms with Crippen LogP contribution in [0.15, 0.2) is 12.1 Å². The van der Waals surface area contributed by atoms with Crippen LogP contribution >= 0.6 is 11.6 Å². The lowest BCUT2D eigenvalue weighted by atomic mass is 10.2. The zero-order chi connectivity index (χ0) is 15.8. The normalized spacial score (nSPS) is 19.3. The topological polar surface area (TPSA) is 106 Å². The fraction of sp³-hybridized carbons (Fsp3) is 0.500. The molecule has 1 aliphatic heterocycles. The molecule has 0 aromatic heterocycles. The van der Waals surface area contributed by atoms with Crippen molar-refractivity contribution < 1.29 is 16.8 Å². The second-order valence-corrected chi connectivity index (χ2v) is 9.86. The summed E-state index contributed by atoms with van der Waals surface area (Å²) in [5, 5.41) is -0.443. The van der Waals surface area contributed by atoms with Gasteiger partial charge in [-0.1, -0.05) is 11.6 Å². The van der Waals surface area contributed by atoms with Gasteiger partial charge in [0.25, 0.3) is 0 Å². The van der Waals surface area contributed by atoms with Crippen LogP contribution in [-0.2, 0) is 19.9 Å². The molecule has 0 saturated carbocycles. The highest BCUT2D eigenvalue weighted by molar-refractivity contribution is 7.94. The molecule has 0 unspecified atom stereocenters. The lowest BCUT2D eigenvalue weighted by Crippen LogP contribution is -2.36. The molecular formula is C12H17ClN2O4S2.